The summed E-state index contributed by atoms with van der Waals surface area (Å²) in [5.74, 6) is -0.770. The van der Waals surface area contributed by atoms with Crippen LogP contribution in [0.4, 0.5) is 15.9 Å². The molecule has 5 rings (SSSR count). The smallest absolute Gasteiger partial charge is 0.335 e. The van der Waals surface area contributed by atoms with Gasteiger partial charge >= 0.3 is 5.97 Å². The molecule has 4 aromatic rings. The molecule has 5 nitrogen and oxygen atoms in total. The van der Waals surface area contributed by atoms with Crippen LogP contribution in [0.25, 0.3) is 22.3 Å². The maximum Gasteiger partial charge on any atom is 0.335 e. The minimum absolute atomic E-state index is 0.143. The molecule has 0 spiro atoms. The third kappa shape index (κ3) is 3.59. The van der Waals surface area contributed by atoms with Crippen LogP contribution in [0.1, 0.15) is 22.3 Å². The lowest BCUT2D eigenvalue weighted by atomic mass is 10.0. The molecule has 0 unspecified atom stereocenters. The van der Waals surface area contributed by atoms with Crippen LogP contribution >= 0.6 is 11.6 Å². The van der Waals surface area contributed by atoms with Gasteiger partial charge in [-0.2, -0.15) is 0 Å². The topological polar surface area (TPSA) is 66.3 Å². The van der Waals surface area contributed by atoms with Crippen molar-refractivity contribution in [1.82, 2.24) is 9.97 Å². The number of anilines is 2. The fraction of sp³-hybridized carbons (Fsp3) is 0.125. The molecule has 2 heterocycles. The lowest BCUT2D eigenvalue weighted by Gasteiger charge is -2.32. The molecule has 31 heavy (non-hydrogen) atoms. The monoisotopic (exact) mass is 433 g/mol. The Balaban J connectivity index is 1.77. The van der Waals surface area contributed by atoms with Crippen molar-refractivity contribution in [3.63, 3.8) is 0 Å². The van der Waals surface area contributed by atoms with Gasteiger partial charge in [0.25, 0.3) is 0 Å². The summed E-state index contributed by atoms with van der Waals surface area (Å²) < 4.78 is 13.6. The van der Waals surface area contributed by atoms with Gasteiger partial charge in [0.15, 0.2) is 5.82 Å². The predicted molar refractivity (Wildman–Crippen MR) is 119 cm³/mol. The summed E-state index contributed by atoms with van der Waals surface area (Å²) in [6.45, 7) is 0.709. The van der Waals surface area contributed by atoms with Gasteiger partial charge in [0.1, 0.15) is 11.5 Å². The quantitative estimate of drug-likeness (QED) is 0.437. The zero-order valence-electron chi connectivity index (χ0n) is 16.3. The van der Waals surface area contributed by atoms with Gasteiger partial charge < -0.3 is 10.0 Å². The van der Waals surface area contributed by atoms with Crippen LogP contribution < -0.4 is 4.90 Å². The minimum atomic E-state index is -1.03. The van der Waals surface area contributed by atoms with Crippen LogP contribution in [0.2, 0.25) is 5.02 Å². The minimum Gasteiger partial charge on any atom is -0.478 e. The highest BCUT2D eigenvalue weighted by Gasteiger charge is 2.24. The molecule has 0 amide bonds. The lowest BCUT2D eigenvalue weighted by molar-refractivity contribution is 0.0697. The van der Waals surface area contributed by atoms with Gasteiger partial charge in [-0.15, -0.1) is 0 Å². The molecule has 1 aliphatic rings. The summed E-state index contributed by atoms with van der Waals surface area (Å²) in [6.07, 6.45) is 1.85. The van der Waals surface area contributed by atoms with E-state index in [4.69, 9.17) is 21.6 Å². The van der Waals surface area contributed by atoms with Crippen LogP contribution in [0.15, 0.2) is 60.7 Å². The van der Waals surface area contributed by atoms with E-state index in [0.29, 0.717) is 34.1 Å². The molecule has 0 saturated carbocycles. The number of carboxylic acid groups (broad SMARTS) is 1. The molecule has 0 aliphatic carbocycles. The first kappa shape index (κ1) is 19.5. The maximum atomic E-state index is 13.6. The van der Waals surface area contributed by atoms with E-state index in [1.807, 2.05) is 18.2 Å². The van der Waals surface area contributed by atoms with Gasteiger partial charge in [0.05, 0.1) is 16.6 Å². The predicted octanol–water partition coefficient (Wildman–Crippen LogP) is 5.87. The third-order valence-electron chi connectivity index (χ3n) is 5.43. The van der Waals surface area contributed by atoms with E-state index in [9.17, 15) is 14.3 Å². The van der Waals surface area contributed by atoms with Crippen molar-refractivity contribution in [3.8, 4) is 11.3 Å². The molecular weight excluding hydrogens is 417 g/mol. The van der Waals surface area contributed by atoms with E-state index < -0.39 is 5.97 Å². The van der Waals surface area contributed by atoms with E-state index in [1.165, 1.54) is 24.3 Å². The number of hydrogen-bond acceptors (Lipinski definition) is 4. The number of nitrogens with zero attached hydrogens (tertiary/aromatic N) is 3. The summed E-state index contributed by atoms with van der Waals surface area (Å²) >= 11 is 6.28. The summed E-state index contributed by atoms with van der Waals surface area (Å²) in [6, 6.07) is 16.6. The molecule has 1 N–H and O–H groups in total. The van der Waals surface area contributed by atoms with Crippen molar-refractivity contribution in [1.29, 1.82) is 0 Å². The zero-order valence-corrected chi connectivity index (χ0v) is 17.1. The number of carbonyl (C=O) groups is 1. The second kappa shape index (κ2) is 7.63. The molecule has 0 atom stereocenters. The zero-order chi connectivity index (χ0) is 21.5. The number of aromatic nitrogens is 2. The molecule has 0 radical (unpaired) electrons. The standard InChI is InChI=1S/C24H17ClFN3O2/c25-17-7-3-14-2-1-11-29(21(14)13-17)23-22(15-4-8-18(26)9-5-15)27-19-10-6-16(24(30)31)12-20(19)28-23/h3-10,12-13H,1-2,11H2,(H,30,31). The largest absolute Gasteiger partial charge is 0.478 e. The number of fused-ring (bicyclic) bond motifs is 2. The Morgan fingerprint density at radius 2 is 1.81 bits per heavy atom. The first-order chi connectivity index (χ1) is 15.0. The molecule has 3 aromatic carbocycles. The first-order valence-corrected chi connectivity index (χ1v) is 10.2. The number of carboxylic acids is 1. The third-order valence-corrected chi connectivity index (χ3v) is 5.67. The number of halogens is 2. The van der Waals surface area contributed by atoms with Crippen molar-refractivity contribution in [3.05, 3.63) is 82.6 Å². The van der Waals surface area contributed by atoms with Crippen molar-refractivity contribution < 1.29 is 14.3 Å². The SMILES string of the molecule is O=C(O)c1ccc2nc(-c3ccc(F)cc3)c(N3CCCc4ccc(Cl)cc43)nc2c1. The van der Waals surface area contributed by atoms with E-state index in [-0.39, 0.29) is 11.4 Å². The Labute approximate surface area is 182 Å². The Morgan fingerprint density at radius 3 is 2.58 bits per heavy atom. The second-order valence-electron chi connectivity index (χ2n) is 7.44. The molecular formula is C24H17ClFN3O2. The normalized spacial score (nSPS) is 13.3. The molecule has 0 saturated heterocycles. The summed E-state index contributed by atoms with van der Waals surface area (Å²) in [7, 11) is 0. The number of benzene rings is 3. The van der Waals surface area contributed by atoms with Gasteiger partial charge in [-0.3, -0.25) is 0 Å². The van der Waals surface area contributed by atoms with Crippen LogP contribution in [0.5, 0.6) is 0 Å². The molecule has 0 bridgehead atoms. The fourth-order valence-corrected chi connectivity index (χ4v) is 4.10. The van der Waals surface area contributed by atoms with Crippen molar-refractivity contribution >= 4 is 40.1 Å². The van der Waals surface area contributed by atoms with Gasteiger partial charge in [-0.05, 0) is 73.0 Å². The summed E-state index contributed by atoms with van der Waals surface area (Å²) in [4.78, 5) is 23.1. The average molecular weight is 434 g/mol. The number of aromatic carboxylic acids is 1. The average Bonchev–Trinajstić information content (AvgIpc) is 2.78. The Kier molecular flexibility index (Phi) is 4.79. The van der Waals surface area contributed by atoms with Crippen LogP contribution in [-0.4, -0.2) is 27.6 Å². The van der Waals surface area contributed by atoms with E-state index in [1.54, 1.807) is 18.2 Å². The summed E-state index contributed by atoms with van der Waals surface area (Å²) in [5.41, 5.74) is 4.62. The van der Waals surface area contributed by atoms with Crippen molar-refractivity contribution in [2.45, 2.75) is 12.8 Å². The highest BCUT2D eigenvalue weighted by molar-refractivity contribution is 6.30. The van der Waals surface area contributed by atoms with Gasteiger partial charge in [0.2, 0.25) is 0 Å². The lowest BCUT2D eigenvalue weighted by Crippen LogP contribution is -2.26. The Hall–Kier alpha value is -3.51. The first-order valence-electron chi connectivity index (χ1n) is 9.86. The van der Waals surface area contributed by atoms with Crippen LogP contribution in [0, 0.1) is 5.82 Å². The highest BCUT2D eigenvalue weighted by atomic mass is 35.5. The summed E-state index contributed by atoms with van der Waals surface area (Å²) in [5, 5.41) is 9.99. The molecule has 7 heteroatoms. The number of rotatable bonds is 3. The Morgan fingerprint density at radius 1 is 1.00 bits per heavy atom. The van der Waals surface area contributed by atoms with Crippen molar-refractivity contribution in [2.24, 2.45) is 0 Å². The molecule has 154 valence electrons. The van der Waals surface area contributed by atoms with E-state index in [0.717, 1.165) is 29.7 Å². The molecule has 1 aliphatic heterocycles. The van der Waals surface area contributed by atoms with Gasteiger partial charge in [-0.1, -0.05) is 17.7 Å². The molecule has 1 aromatic heterocycles. The molecule has 0 fully saturated rings. The second-order valence-corrected chi connectivity index (χ2v) is 7.88. The van der Waals surface area contributed by atoms with Gasteiger partial charge in [-0.25, -0.2) is 19.2 Å². The van der Waals surface area contributed by atoms with E-state index >= 15 is 0 Å². The number of hydrogen-bond donors (Lipinski definition) is 1. The Bertz CT molecular complexity index is 1320. The van der Waals surface area contributed by atoms with Crippen LogP contribution in [-0.2, 0) is 6.42 Å². The maximum absolute atomic E-state index is 13.6. The highest BCUT2D eigenvalue weighted by Crippen LogP contribution is 2.39. The number of aryl methyl sites for hydroxylation is 1. The van der Waals surface area contributed by atoms with Gasteiger partial charge in [0, 0.05) is 22.8 Å². The fourth-order valence-electron chi connectivity index (χ4n) is 3.94. The van der Waals surface area contributed by atoms with Crippen LogP contribution in [0.3, 0.4) is 0 Å². The van der Waals surface area contributed by atoms with Crippen molar-refractivity contribution in [2.75, 3.05) is 11.4 Å². The van der Waals surface area contributed by atoms with E-state index in [2.05, 4.69) is 4.90 Å².